The van der Waals surface area contributed by atoms with E-state index < -0.39 is 15.4 Å². The number of rotatable bonds is 7. The van der Waals surface area contributed by atoms with Crippen molar-refractivity contribution in [2.45, 2.75) is 44.4 Å². The number of hydrogen-bond acceptors (Lipinski definition) is 6. The molecular formula is C15H25N3O4S2. The maximum absolute atomic E-state index is 12.2. The lowest BCUT2D eigenvalue weighted by atomic mass is 10.0. The molecule has 1 atom stereocenters. The summed E-state index contributed by atoms with van der Waals surface area (Å²) in [5, 5.41) is 3.64. The van der Waals surface area contributed by atoms with Crippen LogP contribution in [0.1, 0.15) is 24.7 Å². The molecule has 1 aliphatic rings. The van der Waals surface area contributed by atoms with Crippen LogP contribution in [0.2, 0.25) is 0 Å². The first-order chi connectivity index (χ1) is 11.2. The smallest absolute Gasteiger partial charge is 0.230 e. The third-order valence-electron chi connectivity index (χ3n) is 4.22. The van der Waals surface area contributed by atoms with E-state index in [1.807, 2.05) is 18.4 Å². The molecule has 0 spiro atoms. The van der Waals surface area contributed by atoms with Crippen LogP contribution in [-0.4, -0.2) is 60.4 Å². The Morgan fingerprint density at radius 3 is 2.75 bits per heavy atom. The highest BCUT2D eigenvalue weighted by Gasteiger charge is 2.39. The van der Waals surface area contributed by atoms with E-state index in [0.29, 0.717) is 19.6 Å². The van der Waals surface area contributed by atoms with Crippen molar-refractivity contribution >= 4 is 27.5 Å². The Bertz CT molecular complexity index is 715. The van der Waals surface area contributed by atoms with Gasteiger partial charge < -0.3 is 14.6 Å². The van der Waals surface area contributed by atoms with Gasteiger partial charge in [-0.15, -0.1) is 0 Å². The molecule has 0 bridgehead atoms. The molecule has 24 heavy (non-hydrogen) atoms. The third kappa shape index (κ3) is 4.73. The predicted molar refractivity (Wildman–Crippen MR) is 94.1 cm³/mol. The van der Waals surface area contributed by atoms with Gasteiger partial charge in [-0.2, -0.15) is 0 Å². The fourth-order valence-electron chi connectivity index (χ4n) is 2.79. The molecule has 1 aromatic heterocycles. The van der Waals surface area contributed by atoms with Crippen LogP contribution in [-0.2, 0) is 25.9 Å². The Morgan fingerprint density at radius 2 is 2.17 bits per heavy atom. The second-order valence-corrected chi connectivity index (χ2v) is 9.58. The summed E-state index contributed by atoms with van der Waals surface area (Å²) in [5.74, 6) is 0.183. The number of methoxy groups -OCH3 is 1. The molecule has 0 aromatic carbocycles. The highest BCUT2D eigenvalue weighted by Crippen LogP contribution is 2.24. The van der Waals surface area contributed by atoms with E-state index in [2.05, 4.69) is 10.3 Å². The number of thioether (sulfide) groups is 1. The Balaban J connectivity index is 1.96. The minimum atomic E-state index is -3.04. The van der Waals surface area contributed by atoms with Gasteiger partial charge in [0.1, 0.15) is 0 Å². The molecule has 2 rings (SSSR count). The largest absolute Gasteiger partial charge is 0.383 e. The number of hydrogen-bond donors (Lipinski definition) is 1. The van der Waals surface area contributed by atoms with Crippen molar-refractivity contribution in [1.82, 2.24) is 14.9 Å². The number of aromatic nitrogens is 2. The van der Waals surface area contributed by atoms with E-state index in [1.165, 1.54) is 11.8 Å². The Labute approximate surface area is 147 Å². The monoisotopic (exact) mass is 375 g/mol. The van der Waals surface area contributed by atoms with Gasteiger partial charge in [-0.05, 0) is 27.2 Å². The summed E-state index contributed by atoms with van der Waals surface area (Å²) in [6.45, 7) is 6.98. The number of sulfone groups is 1. The molecule has 1 aromatic rings. The summed E-state index contributed by atoms with van der Waals surface area (Å²) >= 11 is 1.36. The van der Waals surface area contributed by atoms with E-state index in [9.17, 15) is 13.2 Å². The maximum atomic E-state index is 12.2. The van der Waals surface area contributed by atoms with Gasteiger partial charge in [0, 0.05) is 19.3 Å². The number of carbonyl (C=O) groups is 1. The fraction of sp³-hybridized carbons (Fsp3) is 0.733. The maximum Gasteiger partial charge on any atom is 0.230 e. The van der Waals surface area contributed by atoms with Crippen molar-refractivity contribution in [3.05, 3.63) is 11.4 Å². The van der Waals surface area contributed by atoms with Crippen LogP contribution in [0.4, 0.5) is 0 Å². The summed E-state index contributed by atoms with van der Waals surface area (Å²) in [4.78, 5) is 16.7. The Hall–Kier alpha value is -1.06. The van der Waals surface area contributed by atoms with E-state index >= 15 is 0 Å². The number of amides is 1. The second-order valence-electron chi connectivity index (χ2n) is 6.45. The number of nitrogens with zero attached hydrogens (tertiary/aromatic N) is 2. The first-order valence-electron chi connectivity index (χ1n) is 7.83. The standard InChI is InChI=1S/C15H25N3O4S2/c1-11-12(2)18(6-7-22-4)14(16-11)23-9-13(19)17-15(3)5-8-24(20,21)10-15/h5-10H2,1-4H3,(H,17,19). The zero-order valence-electron chi connectivity index (χ0n) is 14.6. The predicted octanol–water partition coefficient (Wildman–Crippen LogP) is 0.932. The first kappa shape index (κ1) is 19.3. The van der Waals surface area contributed by atoms with E-state index in [-0.39, 0.29) is 23.2 Å². The summed E-state index contributed by atoms with van der Waals surface area (Å²) < 4.78 is 30.4. The van der Waals surface area contributed by atoms with Gasteiger partial charge >= 0.3 is 0 Å². The zero-order chi connectivity index (χ0) is 18.0. The van der Waals surface area contributed by atoms with E-state index in [0.717, 1.165) is 16.5 Å². The van der Waals surface area contributed by atoms with Gasteiger partial charge in [0.25, 0.3) is 0 Å². The molecule has 0 aliphatic carbocycles. The molecule has 0 saturated carbocycles. The van der Waals surface area contributed by atoms with Gasteiger partial charge in [0.05, 0.1) is 35.1 Å². The molecular weight excluding hydrogens is 350 g/mol. The molecule has 7 nitrogen and oxygen atoms in total. The van der Waals surface area contributed by atoms with Gasteiger partial charge in [-0.25, -0.2) is 13.4 Å². The summed E-state index contributed by atoms with van der Waals surface area (Å²) in [6.07, 6.45) is 0.465. The van der Waals surface area contributed by atoms with Crippen molar-refractivity contribution in [2.75, 3.05) is 31.0 Å². The molecule has 1 aliphatic heterocycles. The van der Waals surface area contributed by atoms with Crippen molar-refractivity contribution in [1.29, 1.82) is 0 Å². The average molecular weight is 376 g/mol. The average Bonchev–Trinajstić information content (AvgIpc) is 2.91. The van der Waals surface area contributed by atoms with Crippen molar-refractivity contribution in [3.8, 4) is 0 Å². The quantitative estimate of drug-likeness (QED) is 0.713. The Morgan fingerprint density at radius 1 is 1.46 bits per heavy atom. The highest BCUT2D eigenvalue weighted by molar-refractivity contribution is 7.99. The lowest BCUT2D eigenvalue weighted by molar-refractivity contribution is -0.120. The van der Waals surface area contributed by atoms with Gasteiger partial charge in [-0.3, -0.25) is 4.79 Å². The number of aryl methyl sites for hydroxylation is 1. The van der Waals surface area contributed by atoms with Gasteiger partial charge in [-0.1, -0.05) is 11.8 Å². The minimum absolute atomic E-state index is 0.0110. The first-order valence-corrected chi connectivity index (χ1v) is 10.6. The molecule has 9 heteroatoms. The molecule has 1 amide bonds. The van der Waals surface area contributed by atoms with Crippen LogP contribution in [0.25, 0.3) is 0 Å². The van der Waals surface area contributed by atoms with E-state index in [1.54, 1.807) is 14.0 Å². The SMILES string of the molecule is COCCn1c(SCC(=O)NC2(C)CCS(=O)(=O)C2)nc(C)c1C. The number of carbonyl (C=O) groups excluding carboxylic acids is 1. The minimum Gasteiger partial charge on any atom is -0.383 e. The topological polar surface area (TPSA) is 90.3 Å². The van der Waals surface area contributed by atoms with E-state index in [4.69, 9.17) is 4.74 Å². The van der Waals surface area contributed by atoms with Crippen molar-refractivity contribution in [2.24, 2.45) is 0 Å². The lowest BCUT2D eigenvalue weighted by Crippen LogP contribution is -2.47. The van der Waals surface area contributed by atoms with Gasteiger partial charge in [0.15, 0.2) is 15.0 Å². The molecule has 2 heterocycles. The number of imidazole rings is 1. The van der Waals surface area contributed by atoms with Gasteiger partial charge in [0.2, 0.25) is 5.91 Å². The van der Waals surface area contributed by atoms with Crippen LogP contribution in [0.15, 0.2) is 5.16 Å². The molecule has 1 N–H and O–H groups in total. The highest BCUT2D eigenvalue weighted by atomic mass is 32.2. The third-order valence-corrected chi connectivity index (χ3v) is 7.10. The van der Waals surface area contributed by atoms with Crippen molar-refractivity contribution < 1.29 is 17.9 Å². The van der Waals surface area contributed by atoms with Crippen LogP contribution >= 0.6 is 11.8 Å². The normalized spacial score (nSPS) is 22.7. The van der Waals surface area contributed by atoms with Crippen LogP contribution in [0.3, 0.4) is 0 Å². The molecule has 1 unspecified atom stereocenters. The fourth-order valence-corrected chi connectivity index (χ4v) is 5.80. The summed E-state index contributed by atoms with van der Waals surface area (Å²) in [7, 11) is -1.39. The Kier molecular flexibility index (Phi) is 5.98. The zero-order valence-corrected chi connectivity index (χ0v) is 16.2. The van der Waals surface area contributed by atoms with Crippen LogP contribution in [0, 0.1) is 13.8 Å². The second kappa shape index (κ2) is 7.45. The summed E-state index contributed by atoms with van der Waals surface area (Å²) in [6, 6.07) is 0. The lowest BCUT2D eigenvalue weighted by Gasteiger charge is -2.23. The van der Waals surface area contributed by atoms with Crippen molar-refractivity contribution in [3.63, 3.8) is 0 Å². The molecule has 1 saturated heterocycles. The molecule has 1 fully saturated rings. The molecule has 136 valence electrons. The van der Waals surface area contributed by atoms with Crippen LogP contribution in [0.5, 0.6) is 0 Å². The number of nitrogens with one attached hydrogen (secondary N) is 1. The number of ether oxygens (including phenoxy) is 1. The summed E-state index contributed by atoms with van der Waals surface area (Å²) in [5.41, 5.74) is 1.33. The molecule has 0 radical (unpaired) electrons. The van der Waals surface area contributed by atoms with Crippen LogP contribution < -0.4 is 5.32 Å².